The molecule has 1 rings (SSSR count). The van der Waals surface area contributed by atoms with E-state index in [0.717, 1.165) is 18.2 Å². The van der Waals surface area contributed by atoms with Crippen molar-refractivity contribution in [1.82, 2.24) is 0 Å². The molecule has 7 heteroatoms. The van der Waals surface area contributed by atoms with E-state index in [-0.39, 0.29) is 17.8 Å². The SMILES string of the molecule is CC(CN(C)c1cc(C#N)ccc1C(F)(F)F)C(=O)O. The van der Waals surface area contributed by atoms with Crippen molar-refractivity contribution in [1.29, 1.82) is 5.26 Å². The summed E-state index contributed by atoms with van der Waals surface area (Å²) in [7, 11) is 1.37. The number of halogens is 3. The molecule has 0 spiro atoms. The number of nitrogens with zero attached hydrogens (tertiary/aromatic N) is 2. The highest BCUT2D eigenvalue weighted by Crippen LogP contribution is 2.36. The van der Waals surface area contributed by atoms with Gasteiger partial charge in [0.15, 0.2) is 0 Å². The monoisotopic (exact) mass is 286 g/mol. The van der Waals surface area contributed by atoms with Crippen molar-refractivity contribution in [3.05, 3.63) is 29.3 Å². The van der Waals surface area contributed by atoms with E-state index in [1.54, 1.807) is 6.07 Å². The molecule has 0 aliphatic rings. The Balaban J connectivity index is 3.20. The molecule has 0 aliphatic carbocycles. The van der Waals surface area contributed by atoms with Gasteiger partial charge < -0.3 is 10.0 Å². The standard InChI is InChI=1S/C13H13F3N2O2/c1-8(12(19)20)7-18(2)11-5-9(6-17)3-4-10(11)13(14,15)16/h3-5,8H,7H2,1-2H3,(H,19,20). The maximum absolute atomic E-state index is 12.9. The van der Waals surface area contributed by atoms with Crippen molar-refractivity contribution in [2.24, 2.45) is 5.92 Å². The Morgan fingerprint density at radius 1 is 1.50 bits per heavy atom. The van der Waals surface area contributed by atoms with Gasteiger partial charge in [-0.1, -0.05) is 6.92 Å². The fourth-order valence-corrected chi connectivity index (χ4v) is 1.74. The van der Waals surface area contributed by atoms with Crippen molar-refractivity contribution in [2.45, 2.75) is 13.1 Å². The number of alkyl halides is 3. The van der Waals surface area contributed by atoms with Gasteiger partial charge in [0.1, 0.15) is 0 Å². The molecule has 0 aliphatic heterocycles. The van der Waals surface area contributed by atoms with E-state index in [2.05, 4.69) is 0 Å². The molecule has 0 fully saturated rings. The smallest absolute Gasteiger partial charge is 0.418 e. The summed E-state index contributed by atoms with van der Waals surface area (Å²) in [5.74, 6) is -1.92. The molecule has 0 saturated heterocycles. The van der Waals surface area contributed by atoms with Crippen molar-refractivity contribution >= 4 is 11.7 Å². The van der Waals surface area contributed by atoms with Crippen LogP contribution in [-0.2, 0) is 11.0 Å². The Hall–Kier alpha value is -2.23. The molecule has 0 aromatic heterocycles. The minimum Gasteiger partial charge on any atom is -0.481 e. The lowest BCUT2D eigenvalue weighted by molar-refractivity contribution is -0.140. The molecule has 20 heavy (non-hydrogen) atoms. The van der Waals surface area contributed by atoms with Gasteiger partial charge in [-0.15, -0.1) is 0 Å². The van der Waals surface area contributed by atoms with Crippen LogP contribution in [0.1, 0.15) is 18.1 Å². The highest BCUT2D eigenvalue weighted by Gasteiger charge is 2.34. The number of nitriles is 1. The van der Waals surface area contributed by atoms with Crippen LogP contribution < -0.4 is 4.90 Å². The van der Waals surface area contributed by atoms with Crippen molar-refractivity contribution in [2.75, 3.05) is 18.5 Å². The summed E-state index contributed by atoms with van der Waals surface area (Å²) in [6.45, 7) is 1.31. The molecule has 1 unspecified atom stereocenters. The van der Waals surface area contributed by atoms with Crippen LogP contribution in [0.25, 0.3) is 0 Å². The van der Waals surface area contributed by atoms with Crippen LogP contribution in [0, 0.1) is 17.2 Å². The third-order valence-electron chi connectivity index (χ3n) is 2.81. The lowest BCUT2D eigenvalue weighted by Crippen LogP contribution is -2.30. The molecule has 0 radical (unpaired) electrons. The third-order valence-corrected chi connectivity index (χ3v) is 2.81. The lowest BCUT2D eigenvalue weighted by Gasteiger charge is -2.25. The Bertz CT molecular complexity index is 550. The number of carboxylic acid groups (broad SMARTS) is 1. The lowest BCUT2D eigenvalue weighted by atomic mass is 10.1. The van der Waals surface area contributed by atoms with Gasteiger partial charge in [0.05, 0.1) is 28.8 Å². The van der Waals surface area contributed by atoms with Crippen molar-refractivity contribution in [3.63, 3.8) is 0 Å². The maximum Gasteiger partial charge on any atom is 0.418 e. The average molecular weight is 286 g/mol. The molecule has 4 nitrogen and oxygen atoms in total. The summed E-state index contributed by atoms with van der Waals surface area (Å²) in [5.41, 5.74) is -1.01. The first-order valence-corrected chi connectivity index (χ1v) is 5.72. The summed E-state index contributed by atoms with van der Waals surface area (Å²) < 4.78 is 38.7. The Morgan fingerprint density at radius 2 is 2.10 bits per heavy atom. The van der Waals surface area contributed by atoms with Gasteiger partial charge in [-0.3, -0.25) is 4.79 Å². The molecule has 0 saturated carbocycles. The van der Waals surface area contributed by atoms with Crippen LogP contribution in [0.5, 0.6) is 0 Å². The third kappa shape index (κ3) is 3.63. The van der Waals surface area contributed by atoms with Crippen LogP contribution in [0.3, 0.4) is 0 Å². The number of anilines is 1. The summed E-state index contributed by atoms with van der Waals surface area (Å²) in [5, 5.41) is 17.6. The molecule has 1 N–H and O–H groups in total. The van der Waals surface area contributed by atoms with Gasteiger partial charge in [-0.2, -0.15) is 18.4 Å². The number of carbonyl (C=O) groups is 1. The van der Waals surface area contributed by atoms with E-state index in [1.807, 2.05) is 0 Å². The molecular weight excluding hydrogens is 273 g/mol. The predicted molar refractivity (Wildman–Crippen MR) is 66.2 cm³/mol. The summed E-state index contributed by atoms with van der Waals surface area (Å²) in [6, 6.07) is 4.79. The fraction of sp³-hybridized carbons (Fsp3) is 0.385. The van der Waals surface area contributed by atoms with Crippen molar-refractivity contribution < 1.29 is 23.1 Å². The predicted octanol–water partition coefficient (Wildman–Crippen LogP) is 2.73. The first-order valence-electron chi connectivity index (χ1n) is 5.72. The maximum atomic E-state index is 12.9. The number of carboxylic acids is 1. The zero-order valence-corrected chi connectivity index (χ0v) is 10.9. The van der Waals surface area contributed by atoms with Gasteiger partial charge >= 0.3 is 12.1 Å². The highest BCUT2D eigenvalue weighted by atomic mass is 19.4. The molecule has 1 atom stereocenters. The van der Waals surface area contributed by atoms with Gasteiger partial charge in [-0.05, 0) is 18.2 Å². The van der Waals surface area contributed by atoms with Crippen LogP contribution >= 0.6 is 0 Å². The van der Waals surface area contributed by atoms with Gasteiger partial charge in [-0.25, -0.2) is 0 Å². The van der Waals surface area contributed by atoms with Crippen LogP contribution in [0.4, 0.5) is 18.9 Å². The van der Waals surface area contributed by atoms with Gasteiger partial charge in [0, 0.05) is 13.6 Å². The van der Waals surface area contributed by atoms with Gasteiger partial charge in [0.25, 0.3) is 0 Å². The topological polar surface area (TPSA) is 64.3 Å². The second kappa shape index (κ2) is 5.82. The van der Waals surface area contributed by atoms with E-state index in [4.69, 9.17) is 10.4 Å². The van der Waals surface area contributed by atoms with Crippen LogP contribution in [0.15, 0.2) is 18.2 Å². The molecule has 108 valence electrons. The van der Waals surface area contributed by atoms with E-state index < -0.39 is 23.6 Å². The van der Waals surface area contributed by atoms with E-state index >= 15 is 0 Å². The number of hydrogen-bond donors (Lipinski definition) is 1. The van der Waals surface area contributed by atoms with Crippen LogP contribution in [0.2, 0.25) is 0 Å². The minimum absolute atomic E-state index is 0.0860. The Morgan fingerprint density at radius 3 is 2.55 bits per heavy atom. The largest absolute Gasteiger partial charge is 0.481 e. The normalized spacial score (nSPS) is 12.6. The zero-order valence-electron chi connectivity index (χ0n) is 10.9. The van der Waals surface area contributed by atoms with E-state index in [1.165, 1.54) is 18.9 Å². The zero-order chi connectivity index (χ0) is 15.5. The number of aliphatic carboxylic acids is 1. The van der Waals surface area contributed by atoms with Gasteiger partial charge in [0.2, 0.25) is 0 Å². The molecule has 0 amide bonds. The average Bonchev–Trinajstić information content (AvgIpc) is 2.36. The van der Waals surface area contributed by atoms with Crippen LogP contribution in [-0.4, -0.2) is 24.7 Å². The highest BCUT2D eigenvalue weighted by molar-refractivity contribution is 5.71. The Labute approximate surface area is 114 Å². The van der Waals surface area contributed by atoms with E-state index in [9.17, 15) is 18.0 Å². The number of hydrogen-bond acceptors (Lipinski definition) is 3. The minimum atomic E-state index is -4.57. The molecular formula is C13H13F3N2O2. The first-order chi connectivity index (χ1) is 9.16. The molecule has 0 bridgehead atoms. The van der Waals surface area contributed by atoms with E-state index in [0.29, 0.717) is 0 Å². The molecule has 1 aromatic carbocycles. The number of benzene rings is 1. The Kier molecular flexibility index (Phi) is 4.61. The molecule has 0 heterocycles. The van der Waals surface area contributed by atoms with Crippen molar-refractivity contribution in [3.8, 4) is 6.07 Å². The second-order valence-corrected chi connectivity index (χ2v) is 4.46. The summed E-state index contributed by atoms with van der Waals surface area (Å²) in [4.78, 5) is 12.0. The molecule has 1 aromatic rings. The second-order valence-electron chi connectivity index (χ2n) is 4.46. The first kappa shape index (κ1) is 15.8. The summed E-state index contributed by atoms with van der Waals surface area (Å²) >= 11 is 0. The quantitative estimate of drug-likeness (QED) is 0.924. The summed E-state index contributed by atoms with van der Waals surface area (Å²) in [6.07, 6.45) is -4.57. The fourth-order valence-electron chi connectivity index (χ4n) is 1.74. The number of rotatable bonds is 4.